The van der Waals surface area contributed by atoms with Crippen LogP contribution < -0.4 is 0 Å². The van der Waals surface area contributed by atoms with Gasteiger partial charge in [-0.3, -0.25) is 9.59 Å². The van der Waals surface area contributed by atoms with Crippen molar-refractivity contribution in [3.05, 3.63) is 59.7 Å². The molecule has 2 aromatic carbocycles. The maximum Gasteiger partial charge on any atom is 0.309 e. The Morgan fingerprint density at radius 3 is 2.30 bits per heavy atom. The topological polar surface area (TPSA) is 70.4 Å². The molecule has 0 N–H and O–H groups in total. The van der Waals surface area contributed by atoms with Crippen LogP contribution in [0.4, 0.5) is 0 Å². The third-order valence-corrected chi connectivity index (χ3v) is 5.45. The monoisotopic (exact) mass is 404 g/mol. The molecule has 1 aliphatic heterocycles. The minimum atomic E-state index is -0.396. The molecule has 5 nitrogen and oxygen atoms in total. The van der Waals surface area contributed by atoms with Crippen molar-refractivity contribution < 1.29 is 14.3 Å². The highest BCUT2D eigenvalue weighted by Gasteiger charge is 2.32. The van der Waals surface area contributed by atoms with Crippen molar-refractivity contribution in [1.82, 2.24) is 4.90 Å². The predicted octanol–water partition coefficient (Wildman–Crippen LogP) is 4.55. The van der Waals surface area contributed by atoms with Crippen LogP contribution in [0.15, 0.2) is 48.5 Å². The van der Waals surface area contributed by atoms with E-state index in [1.807, 2.05) is 68.1 Å². The molecule has 30 heavy (non-hydrogen) atoms. The summed E-state index contributed by atoms with van der Waals surface area (Å²) in [6, 6.07) is 17.4. The normalized spacial score (nSPS) is 14.8. The fraction of sp³-hybridized carbons (Fsp3) is 0.400. The molecule has 0 saturated carbocycles. The van der Waals surface area contributed by atoms with Gasteiger partial charge >= 0.3 is 5.97 Å². The smallest absolute Gasteiger partial charge is 0.309 e. The van der Waals surface area contributed by atoms with E-state index in [-0.39, 0.29) is 24.4 Å². The zero-order valence-corrected chi connectivity index (χ0v) is 17.9. The van der Waals surface area contributed by atoms with E-state index in [1.54, 1.807) is 6.07 Å². The molecule has 0 radical (unpaired) electrons. The van der Waals surface area contributed by atoms with Crippen LogP contribution in [-0.2, 0) is 20.9 Å². The van der Waals surface area contributed by atoms with E-state index in [0.717, 1.165) is 16.7 Å². The molecule has 0 bridgehead atoms. The molecule has 0 aromatic heterocycles. The molecule has 156 valence electrons. The molecule has 0 spiro atoms. The van der Waals surface area contributed by atoms with Crippen molar-refractivity contribution in [3.8, 4) is 17.2 Å². The van der Waals surface area contributed by atoms with Crippen molar-refractivity contribution >= 4 is 11.9 Å². The van der Waals surface area contributed by atoms with E-state index in [4.69, 9.17) is 4.74 Å². The summed E-state index contributed by atoms with van der Waals surface area (Å²) in [7, 11) is 0. The molecule has 0 unspecified atom stereocenters. The fourth-order valence-electron chi connectivity index (χ4n) is 3.68. The van der Waals surface area contributed by atoms with Crippen LogP contribution in [0.25, 0.3) is 11.1 Å². The fourth-order valence-corrected chi connectivity index (χ4v) is 3.68. The SMILES string of the molecule is CC(C)(C)C(=O)N1CCC(C(=O)OCc2ccc(-c3ccccc3C#N)cc2)CC1. The van der Waals surface area contributed by atoms with Gasteiger partial charge in [-0.05, 0) is 35.6 Å². The van der Waals surface area contributed by atoms with Crippen LogP contribution in [0.3, 0.4) is 0 Å². The van der Waals surface area contributed by atoms with E-state index >= 15 is 0 Å². The highest BCUT2D eigenvalue weighted by Crippen LogP contribution is 2.26. The summed E-state index contributed by atoms with van der Waals surface area (Å²) in [5.41, 5.74) is 2.99. The molecule has 0 aliphatic carbocycles. The zero-order chi connectivity index (χ0) is 21.7. The molecule has 1 heterocycles. The Balaban J connectivity index is 1.52. The number of hydrogen-bond acceptors (Lipinski definition) is 4. The van der Waals surface area contributed by atoms with Gasteiger partial charge in [-0.1, -0.05) is 63.2 Å². The number of esters is 1. The first-order valence-corrected chi connectivity index (χ1v) is 10.3. The summed E-state index contributed by atoms with van der Waals surface area (Å²) < 4.78 is 5.53. The third kappa shape index (κ3) is 5.07. The standard InChI is InChI=1S/C25H28N2O3/c1-25(2,3)24(29)27-14-12-20(13-15-27)23(28)30-17-18-8-10-19(11-9-18)22-7-5-4-6-21(22)16-26/h4-11,20H,12-15,17H2,1-3H3. The lowest BCUT2D eigenvalue weighted by molar-refractivity contribution is -0.154. The van der Waals surface area contributed by atoms with Gasteiger partial charge in [0.15, 0.2) is 0 Å². The average molecular weight is 405 g/mol. The average Bonchev–Trinajstić information content (AvgIpc) is 2.76. The quantitative estimate of drug-likeness (QED) is 0.701. The summed E-state index contributed by atoms with van der Waals surface area (Å²) in [4.78, 5) is 26.7. The summed E-state index contributed by atoms with van der Waals surface area (Å²) in [6.45, 7) is 7.17. The summed E-state index contributed by atoms with van der Waals surface area (Å²) >= 11 is 0. The van der Waals surface area contributed by atoms with Gasteiger partial charge in [-0.2, -0.15) is 5.26 Å². The van der Waals surface area contributed by atoms with Crippen molar-refractivity contribution in [2.45, 2.75) is 40.2 Å². The summed E-state index contributed by atoms with van der Waals surface area (Å²) in [5, 5.41) is 9.26. The summed E-state index contributed by atoms with van der Waals surface area (Å²) in [6.07, 6.45) is 1.29. The minimum Gasteiger partial charge on any atom is -0.461 e. The van der Waals surface area contributed by atoms with E-state index in [9.17, 15) is 14.9 Å². The highest BCUT2D eigenvalue weighted by atomic mass is 16.5. The molecule has 1 saturated heterocycles. The van der Waals surface area contributed by atoms with Crippen LogP contribution in [-0.4, -0.2) is 29.9 Å². The lowest BCUT2D eigenvalue weighted by Crippen LogP contribution is -2.45. The molecular formula is C25H28N2O3. The minimum absolute atomic E-state index is 0.132. The number of carbonyl (C=O) groups excluding carboxylic acids is 2. The second-order valence-corrected chi connectivity index (χ2v) is 8.78. The first-order chi connectivity index (χ1) is 14.3. The van der Waals surface area contributed by atoms with Gasteiger partial charge < -0.3 is 9.64 Å². The number of amides is 1. The molecule has 2 aromatic rings. The van der Waals surface area contributed by atoms with Crippen molar-refractivity contribution in [1.29, 1.82) is 5.26 Å². The van der Waals surface area contributed by atoms with Gasteiger partial charge in [0.05, 0.1) is 17.6 Å². The molecular weight excluding hydrogens is 376 g/mol. The number of ether oxygens (including phenoxy) is 1. The largest absolute Gasteiger partial charge is 0.461 e. The van der Waals surface area contributed by atoms with Crippen molar-refractivity contribution in [2.75, 3.05) is 13.1 Å². The molecule has 3 rings (SSSR count). The Morgan fingerprint density at radius 2 is 1.70 bits per heavy atom. The second kappa shape index (κ2) is 9.13. The lowest BCUT2D eigenvalue weighted by atomic mass is 9.91. The summed E-state index contributed by atoms with van der Waals surface area (Å²) in [5.74, 6) is -0.222. The van der Waals surface area contributed by atoms with Gasteiger partial charge in [0.1, 0.15) is 6.61 Å². The number of carbonyl (C=O) groups is 2. The number of hydrogen-bond donors (Lipinski definition) is 0. The molecule has 1 amide bonds. The first-order valence-electron chi connectivity index (χ1n) is 10.3. The number of benzene rings is 2. The third-order valence-electron chi connectivity index (χ3n) is 5.45. The van der Waals surface area contributed by atoms with E-state index < -0.39 is 5.41 Å². The van der Waals surface area contributed by atoms with Crippen molar-refractivity contribution in [2.24, 2.45) is 11.3 Å². The number of rotatable bonds is 4. The number of nitrogens with zero attached hydrogens (tertiary/aromatic N) is 2. The first kappa shape index (κ1) is 21.6. The molecule has 1 aliphatic rings. The van der Waals surface area contributed by atoms with Crippen LogP contribution in [0.2, 0.25) is 0 Å². The van der Waals surface area contributed by atoms with Crippen LogP contribution >= 0.6 is 0 Å². The number of nitriles is 1. The predicted molar refractivity (Wildman–Crippen MR) is 115 cm³/mol. The number of likely N-dealkylation sites (tertiary alicyclic amines) is 1. The van der Waals surface area contributed by atoms with Gasteiger partial charge in [0.25, 0.3) is 0 Å². The van der Waals surface area contributed by atoms with Gasteiger partial charge in [-0.25, -0.2) is 0 Å². The Hall–Kier alpha value is -3.13. The van der Waals surface area contributed by atoms with E-state index in [0.29, 0.717) is 31.5 Å². The van der Waals surface area contributed by atoms with Gasteiger partial charge in [0.2, 0.25) is 5.91 Å². The number of piperidine rings is 1. The van der Waals surface area contributed by atoms with Gasteiger partial charge in [0, 0.05) is 18.5 Å². The molecule has 0 atom stereocenters. The van der Waals surface area contributed by atoms with Gasteiger partial charge in [-0.15, -0.1) is 0 Å². The van der Waals surface area contributed by atoms with E-state index in [2.05, 4.69) is 6.07 Å². The Bertz CT molecular complexity index is 944. The highest BCUT2D eigenvalue weighted by molar-refractivity contribution is 5.82. The van der Waals surface area contributed by atoms with Crippen LogP contribution in [0, 0.1) is 22.7 Å². The Morgan fingerprint density at radius 1 is 1.07 bits per heavy atom. The zero-order valence-electron chi connectivity index (χ0n) is 17.9. The van der Waals surface area contributed by atoms with E-state index in [1.165, 1.54) is 0 Å². The Kier molecular flexibility index (Phi) is 6.56. The Labute approximate surface area is 178 Å². The lowest BCUT2D eigenvalue weighted by Gasteiger charge is -2.34. The maximum atomic E-state index is 12.5. The second-order valence-electron chi connectivity index (χ2n) is 8.78. The molecule has 1 fully saturated rings. The maximum absolute atomic E-state index is 12.5. The van der Waals surface area contributed by atoms with Crippen molar-refractivity contribution in [3.63, 3.8) is 0 Å². The van der Waals surface area contributed by atoms with Crippen LogP contribution in [0.5, 0.6) is 0 Å². The van der Waals surface area contributed by atoms with Crippen LogP contribution in [0.1, 0.15) is 44.7 Å². The molecule has 5 heteroatoms.